The Hall–Kier alpha value is -0.960. The number of halogens is 1. The highest BCUT2D eigenvalue weighted by Crippen LogP contribution is 2.39. The summed E-state index contributed by atoms with van der Waals surface area (Å²) in [6.45, 7) is 5.29. The summed E-state index contributed by atoms with van der Waals surface area (Å²) in [7, 11) is 0. The molecule has 1 heterocycles. The molecular weight excluding hydrogens is 215 g/mol. The van der Waals surface area contributed by atoms with Gasteiger partial charge in [-0.3, -0.25) is 4.98 Å². The van der Waals surface area contributed by atoms with Crippen molar-refractivity contribution < 1.29 is 4.39 Å². The van der Waals surface area contributed by atoms with Gasteiger partial charge in [0.2, 0.25) is 0 Å². The van der Waals surface area contributed by atoms with Crippen LogP contribution in [0.2, 0.25) is 0 Å². The number of nitrogens with zero attached hydrogens (tertiary/aromatic N) is 1. The van der Waals surface area contributed by atoms with E-state index in [0.717, 1.165) is 18.5 Å². The zero-order chi connectivity index (χ0) is 12.3. The van der Waals surface area contributed by atoms with Crippen LogP contribution in [0, 0.1) is 11.7 Å². The molecule has 2 unspecified atom stereocenters. The van der Waals surface area contributed by atoms with Crippen LogP contribution in [0.25, 0.3) is 0 Å². The van der Waals surface area contributed by atoms with E-state index in [0.29, 0.717) is 17.9 Å². The smallest absolute Gasteiger partial charge is 0.144 e. The number of hydrogen-bond acceptors (Lipinski definition) is 2. The van der Waals surface area contributed by atoms with Gasteiger partial charge in [0.1, 0.15) is 5.82 Å². The molecule has 1 aliphatic carbocycles. The van der Waals surface area contributed by atoms with Crippen molar-refractivity contribution in [3.8, 4) is 0 Å². The molecule has 2 nitrogen and oxygen atoms in total. The second kappa shape index (κ2) is 5.58. The molecule has 3 heteroatoms. The molecule has 1 aromatic heterocycles. The van der Waals surface area contributed by atoms with E-state index in [-0.39, 0.29) is 5.82 Å². The van der Waals surface area contributed by atoms with E-state index < -0.39 is 0 Å². The molecule has 1 fully saturated rings. The van der Waals surface area contributed by atoms with Crippen molar-refractivity contribution in [3.63, 3.8) is 0 Å². The van der Waals surface area contributed by atoms with Gasteiger partial charge in [0.15, 0.2) is 0 Å². The van der Waals surface area contributed by atoms with Crippen LogP contribution in [-0.4, -0.2) is 17.6 Å². The second-order valence-electron chi connectivity index (χ2n) is 5.26. The number of hydrogen-bond donors (Lipinski definition) is 1. The lowest BCUT2D eigenvalue weighted by Crippen LogP contribution is -2.30. The first-order chi connectivity index (χ1) is 8.18. The minimum absolute atomic E-state index is 0.144. The van der Waals surface area contributed by atoms with Gasteiger partial charge in [0.25, 0.3) is 0 Å². The van der Waals surface area contributed by atoms with Gasteiger partial charge < -0.3 is 5.32 Å². The van der Waals surface area contributed by atoms with Crippen LogP contribution in [-0.2, 0) is 0 Å². The lowest BCUT2D eigenvalue weighted by molar-refractivity contribution is 0.413. The molecule has 1 N–H and O–H groups in total. The molecule has 1 aliphatic rings. The van der Waals surface area contributed by atoms with E-state index in [1.165, 1.54) is 19.0 Å². The monoisotopic (exact) mass is 236 g/mol. The average Bonchev–Trinajstić information content (AvgIpc) is 2.75. The molecule has 2 atom stereocenters. The Labute approximate surface area is 103 Å². The first-order valence-electron chi connectivity index (χ1n) is 6.51. The van der Waals surface area contributed by atoms with Crippen molar-refractivity contribution in [2.24, 2.45) is 5.92 Å². The van der Waals surface area contributed by atoms with E-state index in [2.05, 4.69) is 24.1 Å². The zero-order valence-corrected chi connectivity index (χ0v) is 10.6. The van der Waals surface area contributed by atoms with Gasteiger partial charge in [-0.25, -0.2) is 4.39 Å². The standard InChI is InChI=1S/C14H21FN2/c1-10(2)17-8-11-4-3-5-12(11)13-6-7-16-9-14(13)15/h6-7,9-12,17H,3-5,8H2,1-2H3. The topological polar surface area (TPSA) is 24.9 Å². The van der Waals surface area contributed by atoms with Gasteiger partial charge in [0.05, 0.1) is 6.20 Å². The van der Waals surface area contributed by atoms with Crippen molar-refractivity contribution >= 4 is 0 Å². The third-order valence-electron chi connectivity index (χ3n) is 3.65. The molecule has 0 radical (unpaired) electrons. The van der Waals surface area contributed by atoms with Crippen molar-refractivity contribution in [1.82, 2.24) is 10.3 Å². The largest absolute Gasteiger partial charge is 0.314 e. The van der Waals surface area contributed by atoms with Gasteiger partial charge in [0, 0.05) is 12.2 Å². The number of nitrogens with one attached hydrogen (secondary N) is 1. The molecule has 2 rings (SSSR count). The van der Waals surface area contributed by atoms with E-state index in [9.17, 15) is 4.39 Å². The predicted octanol–water partition coefficient (Wildman–Crippen LogP) is 3.10. The number of aromatic nitrogens is 1. The van der Waals surface area contributed by atoms with Crippen molar-refractivity contribution in [3.05, 3.63) is 29.8 Å². The lowest BCUT2D eigenvalue weighted by Gasteiger charge is -2.22. The molecule has 0 spiro atoms. The van der Waals surface area contributed by atoms with Crippen LogP contribution in [0.4, 0.5) is 4.39 Å². The molecule has 0 bridgehead atoms. The fraction of sp³-hybridized carbons (Fsp3) is 0.643. The van der Waals surface area contributed by atoms with Crippen molar-refractivity contribution in [2.45, 2.75) is 45.1 Å². The molecular formula is C14H21FN2. The Balaban J connectivity index is 2.07. The highest BCUT2D eigenvalue weighted by Gasteiger charge is 2.30. The molecule has 1 saturated carbocycles. The van der Waals surface area contributed by atoms with Crippen molar-refractivity contribution in [1.29, 1.82) is 0 Å². The van der Waals surface area contributed by atoms with Gasteiger partial charge in [-0.2, -0.15) is 0 Å². The fourth-order valence-corrected chi connectivity index (χ4v) is 2.76. The summed E-state index contributed by atoms with van der Waals surface area (Å²) < 4.78 is 13.7. The first-order valence-corrected chi connectivity index (χ1v) is 6.51. The number of rotatable bonds is 4. The maximum atomic E-state index is 13.7. The summed E-state index contributed by atoms with van der Waals surface area (Å²) >= 11 is 0. The van der Waals surface area contributed by atoms with E-state index >= 15 is 0 Å². The molecule has 0 saturated heterocycles. The molecule has 0 aliphatic heterocycles. The maximum absolute atomic E-state index is 13.7. The van der Waals surface area contributed by atoms with E-state index in [1.807, 2.05) is 6.07 Å². The van der Waals surface area contributed by atoms with Crippen molar-refractivity contribution in [2.75, 3.05) is 6.54 Å². The van der Waals surface area contributed by atoms with Crippen LogP contribution in [0.1, 0.15) is 44.6 Å². The molecule has 0 aromatic carbocycles. The lowest BCUT2D eigenvalue weighted by atomic mass is 9.89. The molecule has 0 amide bonds. The highest BCUT2D eigenvalue weighted by atomic mass is 19.1. The highest BCUT2D eigenvalue weighted by molar-refractivity contribution is 5.20. The first kappa shape index (κ1) is 12.5. The predicted molar refractivity (Wildman–Crippen MR) is 67.4 cm³/mol. The Bertz CT molecular complexity index is 365. The third-order valence-corrected chi connectivity index (χ3v) is 3.65. The Kier molecular flexibility index (Phi) is 4.11. The van der Waals surface area contributed by atoms with Gasteiger partial charge in [-0.15, -0.1) is 0 Å². The van der Waals surface area contributed by atoms with E-state index in [4.69, 9.17) is 0 Å². The van der Waals surface area contributed by atoms with Crippen LogP contribution < -0.4 is 5.32 Å². The van der Waals surface area contributed by atoms with Crippen LogP contribution >= 0.6 is 0 Å². The summed E-state index contributed by atoms with van der Waals surface area (Å²) in [6, 6.07) is 2.34. The summed E-state index contributed by atoms with van der Waals surface area (Å²) in [5.74, 6) is 0.785. The van der Waals surface area contributed by atoms with Gasteiger partial charge in [-0.05, 0) is 42.9 Å². The normalized spacial score (nSPS) is 24.5. The average molecular weight is 236 g/mol. The summed E-state index contributed by atoms with van der Waals surface area (Å²) in [5.41, 5.74) is 0.855. The summed E-state index contributed by atoms with van der Waals surface area (Å²) in [5, 5.41) is 3.47. The van der Waals surface area contributed by atoms with E-state index in [1.54, 1.807) is 6.20 Å². The van der Waals surface area contributed by atoms with Gasteiger partial charge in [-0.1, -0.05) is 20.3 Å². The summed E-state index contributed by atoms with van der Waals surface area (Å²) in [4.78, 5) is 3.82. The van der Waals surface area contributed by atoms with Crippen LogP contribution in [0.3, 0.4) is 0 Å². The minimum atomic E-state index is -0.144. The van der Waals surface area contributed by atoms with Gasteiger partial charge >= 0.3 is 0 Å². The molecule has 17 heavy (non-hydrogen) atoms. The Morgan fingerprint density at radius 3 is 3.00 bits per heavy atom. The van der Waals surface area contributed by atoms with Crippen LogP contribution in [0.5, 0.6) is 0 Å². The SMILES string of the molecule is CC(C)NCC1CCCC1c1ccncc1F. The third kappa shape index (κ3) is 3.03. The zero-order valence-electron chi connectivity index (χ0n) is 10.6. The van der Waals surface area contributed by atoms with Crippen LogP contribution in [0.15, 0.2) is 18.5 Å². The molecule has 94 valence electrons. The Morgan fingerprint density at radius 1 is 1.47 bits per heavy atom. The summed E-state index contributed by atoms with van der Waals surface area (Å²) in [6.07, 6.45) is 6.54. The maximum Gasteiger partial charge on any atom is 0.144 e. The minimum Gasteiger partial charge on any atom is -0.314 e. The Morgan fingerprint density at radius 2 is 2.29 bits per heavy atom. The second-order valence-corrected chi connectivity index (χ2v) is 5.26. The fourth-order valence-electron chi connectivity index (χ4n) is 2.76. The number of pyridine rings is 1. The quantitative estimate of drug-likeness (QED) is 0.869. The molecule has 1 aromatic rings.